The molecular weight excluding hydrogens is 300 g/mol. The number of benzene rings is 1. The van der Waals surface area contributed by atoms with Gasteiger partial charge in [0.15, 0.2) is 0 Å². The van der Waals surface area contributed by atoms with Crippen LogP contribution in [0.1, 0.15) is 17.5 Å². The summed E-state index contributed by atoms with van der Waals surface area (Å²) in [5.41, 5.74) is 0.686. The molecule has 1 aromatic carbocycles. The molecule has 23 heavy (non-hydrogen) atoms. The van der Waals surface area contributed by atoms with E-state index in [1.54, 1.807) is 0 Å². The molecule has 8 nitrogen and oxygen atoms in total. The Balaban J connectivity index is 1.82. The smallest absolute Gasteiger partial charge is 0.325 e. The summed E-state index contributed by atoms with van der Waals surface area (Å²) >= 11 is 0. The lowest BCUT2D eigenvalue weighted by Gasteiger charge is -2.22. The van der Waals surface area contributed by atoms with E-state index in [0.29, 0.717) is 12.8 Å². The van der Waals surface area contributed by atoms with E-state index in [-0.39, 0.29) is 0 Å². The van der Waals surface area contributed by atoms with Gasteiger partial charge < -0.3 is 10.6 Å². The van der Waals surface area contributed by atoms with Gasteiger partial charge in [-0.1, -0.05) is 24.3 Å². The third kappa shape index (κ3) is 2.32. The van der Waals surface area contributed by atoms with Crippen molar-refractivity contribution in [3.63, 3.8) is 0 Å². The summed E-state index contributed by atoms with van der Waals surface area (Å²) in [6.45, 7) is -0.498. The highest BCUT2D eigenvalue weighted by atomic mass is 16.2. The Kier molecular flexibility index (Phi) is 3.51. The van der Waals surface area contributed by atoms with Crippen molar-refractivity contribution in [2.45, 2.75) is 18.4 Å². The normalized spacial score (nSPS) is 22.0. The number of amides is 6. The molecule has 6 amide bonds. The van der Waals surface area contributed by atoms with Gasteiger partial charge in [0, 0.05) is 7.05 Å². The predicted molar refractivity (Wildman–Crippen MR) is 79.3 cm³/mol. The van der Waals surface area contributed by atoms with Crippen molar-refractivity contribution in [2.24, 2.45) is 0 Å². The summed E-state index contributed by atoms with van der Waals surface area (Å²) in [6.07, 6.45) is 1.14. The van der Waals surface area contributed by atoms with E-state index >= 15 is 0 Å². The Morgan fingerprint density at radius 1 is 1.30 bits per heavy atom. The number of nitrogens with one attached hydrogen (secondary N) is 3. The van der Waals surface area contributed by atoms with Crippen LogP contribution in [0.3, 0.4) is 0 Å². The average Bonchev–Trinajstić information content (AvgIpc) is 3.02. The van der Waals surface area contributed by atoms with Gasteiger partial charge in [0.05, 0.1) is 0 Å². The molecule has 3 rings (SSSR count). The number of rotatable bonds is 2. The lowest BCUT2D eigenvalue weighted by Crippen LogP contribution is -2.46. The van der Waals surface area contributed by atoms with Gasteiger partial charge in [0.1, 0.15) is 12.1 Å². The molecule has 0 aromatic heterocycles. The molecule has 1 atom stereocenters. The van der Waals surface area contributed by atoms with Gasteiger partial charge in [0.2, 0.25) is 5.91 Å². The van der Waals surface area contributed by atoms with Crippen molar-refractivity contribution >= 4 is 23.9 Å². The monoisotopic (exact) mass is 316 g/mol. The molecule has 1 fully saturated rings. The van der Waals surface area contributed by atoms with Crippen LogP contribution in [0.5, 0.6) is 0 Å². The van der Waals surface area contributed by atoms with E-state index in [1.807, 2.05) is 29.6 Å². The summed E-state index contributed by atoms with van der Waals surface area (Å²) in [4.78, 5) is 48.7. The summed E-state index contributed by atoms with van der Waals surface area (Å²) in [5.74, 6) is -1.18. The van der Waals surface area contributed by atoms with Gasteiger partial charge in [-0.2, -0.15) is 0 Å². The Morgan fingerprint density at radius 3 is 2.78 bits per heavy atom. The summed E-state index contributed by atoms with van der Waals surface area (Å²) in [7, 11) is 1.36. The minimum Gasteiger partial charge on any atom is -0.341 e. The van der Waals surface area contributed by atoms with Gasteiger partial charge in [0.25, 0.3) is 5.91 Å². The number of carbonyl (C=O) groups is 4. The maximum atomic E-state index is 12.8. The first-order chi connectivity index (χ1) is 11.0. The van der Waals surface area contributed by atoms with Crippen LogP contribution in [0.25, 0.3) is 0 Å². The van der Waals surface area contributed by atoms with Crippen LogP contribution in [-0.4, -0.2) is 42.4 Å². The Bertz CT molecular complexity index is 717. The quantitative estimate of drug-likeness (QED) is 0.659. The molecule has 1 saturated heterocycles. The number of hydrogen-bond donors (Lipinski definition) is 3. The summed E-state index contributed by atoms with van der Waals surface area (Å²) in [5, 5.41) is 6.98. The molecule has 120 valence electrons. The van der Waals surface area contributed by atoms with Crippen LogP contribution < -0.4 is 16.0 Å². The average molecular weight is 316 g/mol. The Labute approximate surface area is 132 Å². The molecule has 0 saturated carbocycles. The van der Waals surface area contributed by atoms with E-state index in [4.69, 9.17) is 0 Å². The molecule has 2 aliphatic rings. The number of hydrogen-bond acceptors (Lipinski definition) is 4. The summed E-state index contributed by atoms with van der Waals surface area (Å²) < 4.78 is 0. The zero-order valence-corrected chi connectivity index (χ0v) is 12.5. The second-order valence-corrected chi connectivity index (χ2v) is 5.51. The largest absolute Gasteiger partial charge is 0.341 e. The van der Waals surface area contributed by atoms with Crippen LogP contribution in [0, 0.1) is 0 Å². The van der Waals surface area contributed by atoms with Crippen LogP contribution >= 0.6 is 0 Å². The lowest BCUT2D eigenvalue weighted by atomic mass is 9.92. The molecule has 1 unspecified atom stereocenters. The third-order valence-corrected chi connectivity index (χ3v) is 4.20. The van der Waals surface area contributed by atoms with Crippen molar-refractivity contribution in [2.75, 3.05) is 13.6 Å². The zero-order chi connectivity index (χ0) is 16.6. The van der Waals surface area contributed by atoms with E-state index < -0.39 is 36.0 Å². The first-order valence-corrected chi connectivity index (χ1v) is 7.22. The van der Waals surface area contributed by atoms with Crippen LogP contribution in [0.15, 0.2) is 24.3 Å². The highest BCUT2D eigenvalue weighted by Crippen LogP contribution is 2.41. The predicted octanol–water partition coefficient (Wildman–Crippen LogP) is -0.164. The maximum Gasteiger partial charge on any atom is 0.325 e. The molecule has 1 aliphatic heterocycles. The molecule has 1 heterocycles. The van der Waals surface area contributed by atoms with Crippen LogP contribution in [0.2, 0.25) is 0 Å². The van der Waals surface area contributed by atoms with Crippen molar-refractivity contribution in [3.8, 4) is 0 Å². The Morgan fingerprint density at radius 2 is 2.04 bits per heavy atom. The zero-order valence-electron chi connectivity index (χ0n) is 12.5. The number of carbonyl (C=O) groups excluding carboxylic acids is 4. The minimum atomic E-state index is -1.10. The molecule has 3 N–H and O–H groups in total. The van der Waals surface area contributed by atoms with E-state index in [1.165, 1.54) is 7.05 Å². The molecule has 0 radical (unpaired) electrons. The first kappa shape index (κ1) is 15.0. The van der Waals surface area contributed by atoms with Crippen LogP contribution in [0.4, 0.5) is 9.59 Å². The van der Waals surface area contributed by atoms with Gasteiger partial charge in [-0.3, -0.25) is 19.8 Å². The fourth-order valence-electron chi connectivity index (χ4n) is 3.11. The van der Waals surface area contributed by atoms with E-state index in [9.17, 15) is 19.2 Å². The molecular formula is C15H16N4O4. The second kappa shape index (κ2) is 5.38. The number of fused-ring (bicyclic) bond motifs is 2. The van der Waals surface area contributed by atoms with Gasteiger partial charge in [-0.05, 0) is 24.0 Å². The van der Waals surface area contributed by atoms with E-state index in [0.717, 1.165) is 16.0 Å². The maximum absolute atomic E-state index is 12.8. The van der Waals surface area contributed by atoms with Crippen molar-refractivity contribution in [1.29, 1.82) is 0 Å². The van der Waals surface area contributed by atoms with Gasteiger partial charge in [-0.25, -0.2) is 9.59 Å². The fraction of sp³-hybridized carbons (Fsp3) is 0.333. The molecule has 1 spiro atoms. The number of imide groups is 2. The number of urea groups is 2. The molecule has 8 heteroatoms. The highest BCUT2D eigenvalue weighted by Gasteiger charge is 2.55. The van der Waals surface area contributed by atoms with Crippen molar-refractivity contribution < 1.29 is 19.2 Å². The van der Waals surface area contributed by atoms with E-state index in [2.05, 4.69) is 10.6 Å². The topological polar surface area (TPSA) is 108 Å². The number of aryl methyl sites for hydroxylation is 1. The van der Waals surface area contributed by atoms with Gasteiger partial charge >= 0.3 is 12.1 Å². The lowest BCUT2D eigenvalue weighted by molar-refractivity contribution is -0.135. The third-order valence-electron chi connectivity index (χ3n) is 4.20. The van der Waals surface area contributed by atoms with Gasteiger partial charge in [-0.15, -0.1) is 0 Å². The SMILES string of the molecule is CNC(=O)NC(=O)CN1C(=O)NC2(CCc3ccccc32)C1=O. The van der Waals surface area contributed by atoms with Crippen LogP contribution in [-0.2, 0) is 21.5 Å². The Hall–Kier alpha value is -2.90. The fourth-order valence-corrected chi connectivity index (χ4v) is 3.11. The van der Waals surface area contributed by atoms with Crippen molar-refractivity contribution in [1.82, 2.24) is 20.9 Å². The highest BCUT2D eigenvalue weighted by molar-refractivity contribution is 6.10. The number of nitrogens with zero attached hydrogens (tertiary/aromatic N) is 1. The standard InChI is InChI=1S/C15H16N4O4/c1-16-13(22)17-11(20)8-19-12(21)15(18-14(19)23)7-6-9-4-2-3-5-10(9)15/h2-5H,6-8H2,1H3,(H,18,23)(H2,16,17,20,22). The second-order valence-electron chi connectivity index (χ2n) is 5.51. The molecule has 0 bridgehead atoms. The summed E-state index contributed by atoms with van der Waals surface area (Å²) in [6, 6.07) is 6.11. The minimum absolute atomic E-state index is 0.459. The molecule has 1 aromatic rings. The molecule has 1 aliphatic carbocycles. The van der Waals surface area contributed by atoms with Crippen molar-refractivity contribution in [3.05, 3.63) is 35.4 Å². The first-order valence-electron chi connectivity index (χ1n) is 7.22.